The van der Waals surface area contributed by atoms with E-state index in [1.165, 1.54) is 11.3 Å². The van der Waals surface area contributed by atoms with E-state index >= 15 is 0 Å². The van der Waals surface area contributed by atoms with Gasteiger partial charge in [-0.2, -0.15) is 0 Å². The maximum atomic E-state index is 12.3. The number of carbonyl (C=O) groups is 1. The first kappa shape index (κ1) is 17.5. The van der Waals surface area contributed by atoms with Crippen LogP contribution in [0.15, 0.2) is 60.0 Å². The third kappa shape index (κ3) is 3.94. The molecule has 0 unspecified atom stereocenters. The van der Waals surface area contributed by atoms with Crippen LogP contribution in [0.2, 0.25) is 0 Å². The summed E-state index contributed by atoms with van der Waals surface area (Å²) in [6.45, 7) is -0.0660. The lowest BCUT2D eigenvalue weighted by atomic mass is 10.3. The van der Waals surface area contributed by atoms with Crippen LogP contribution in [0.5, 0.6) is 11.5 Å². The number of aromatic nitrogens is 1. The van der Waals surface area contributed by atoms with Gasteiger partial charge < -0.3 is 14.8 Å². The maximum Gasteiger partial charge on any atom is 0.262 e. The number of benzene rings is 2. The Labute approximate surface area is 164 Å². The van der Waals surface area contributed by atoms with Gasteiger partial charge in [0, 0.05) is 5.56 Å². The van der Waals surface area contributed by atoms with E-state index < -0.39 is 0 Å². The van der Waals surface area contributed by atoms with Gasteiger partial charge in [0.1, 0.15) is 21.5 Å². The summed E-state index contributed by atoms with van der Waals surface area (Å²) in [7, 11) is 1.60. The topological polar surface area (TPSA) is 60.5 Å². The molecule has 2 aromatic carbocycles. The monoisotopic (exact) mass is 396 g/mol. The first-order valence-electron chi connectivity index (χ1n) is 8.23. The summed E-state index contributed by atoms with van der Waals surface area (Å²) in [4.78, 5) is 17.0. The predicted octanol–water partition coefficient (Wildman–Crippen LogP) is 5.05. The molecule has 1 amide bonds. The molecule has 0 saturated carbocycles. The lowest BCUT2D eigenvalue weighted by Crippen LogP contribution is -2.19. The molecule has 1 N–H and O–H groups in total. The van der Waals surface area contributed by atoms with E-state index in [0.717, 1.165) is 31.5 Å². The van der Waals surface area contributed by atoms with Gasteiger partial charge >= 0.3 is 0 Å². The average molecular weight is 396 g/mol. The van der Waals surface area contributed by atoms with Gasteiger partial charge in [-0.15, -0.1) is 22.7 Å². The van der Waals surface area contributed by atoms with Crippen molar-refractivity contribution in [3.05, 3.63) is 60.0 Å². The number of methoxy groups -OCH3 is 1. The Morgan fingerprint density at radius 3 is 2.63 bits per heavy atom. The second-order valence-electron chi connectivity index (χ2n) is 5.66. The molecule has 0 bridgehead atoms. The Kier molecular flexibility index (Phi) is 5.04. The number of hydrogen-bond donors (Lipinski definition) is 1. The largest absolute Gasteiger partial charge is 0.497 e. The van der Waals surface area contributed by atoms with E-state index in [1.54, 1.807) is 42.7 Å². The minimum Gasteiger partial charge on any atom is -0.497 e. The summed E-state index contributed by atoms with van der Waals surface area (Å²) in [5, 5.41) is 6.54. The highest BCUT2D eigenvalue weighted by molar-refractivity contribution is 7.22. The van der Waals surface area contributed by atoms with Crippen molar-refractivity contribution < 1.29 is 14.3 Å². The van der Waals surface area contributed by atoms with Crippen LogP contribution in [0.4, 0.5) is 5.00 Å². The first-order valence-corrected chi connectivity index (χ1v) is 9.93. The number of thiophene rings is 1. The van der Waals surface area contributed by atoms with Crippen LogP contribution in [0.25, 0.3) is 20.8 Å². The summed E-state index contributed by atoms with van der Waals surface area (Å²) in [5.41, 5.74) is 1.89. The van der Waals surface area contributed by atoms with Crippen LogP contribution >= 0.6 is 22.7 Å². The van der Waals surface area contributed by atoms with Crippen molar-refractivity contribution in [2.45, 2.75) is 0 Å². The van der Waals surface area contributed by atoms with Gasteiger partial charge in [-0.05, 0) is 47.8 Å². The molecule has 7 heteroatoms. The number of amides is 1. The van der Waals surface area contributed by atoms with Crippen LogP contribution in [0.1, 0.15) is 0 Å². The molecule has 0 saturated heterocycles. The van der Waals surface area contributed by atoms with Crippen molar-refractivity contribution in [3.8, 4) is 22.1 Å². The number of para-hydroxylation sites is 1. The zero-order valence-electron chi connectivity index (χ0n) is 14.5. The van der Waals surface area contributed by atoms with Crippen LogP contribution in [-0.2, 0) is 4.79 Å². The van der Waals surface area contributed by atoms with Crippen molar-refractivity contribution in [1.29, 1.82) is 0 Å². The molecule has 27 heavy (non-hydrogen) atoms. The van der Waals surface area contributed by atoms with Gasteiger partial charge in [0.25, 0.3) is 5.91 Å². The van der Waals surface area contributed by atoms with Gasteiger partial charge in [0.2, 0.25) is 0 Å². The highest BCUT2D eigenvalue weighted by Crippen LogP contribution is 2.37. The van der Waals surface area contributed by atoms with Crippen LogP contribution in [-0.4, -0.2) is 24.6 Å². The second kappa shape index (κ2) is 7.77. The molecule has 0 atom stereocenters. The first-order chi connectivity index (χ1) is 13.2. The fourth-order valence-corrected chi connectivity index (χ4v) is 4.41. The molecule has 0 aliphatic carbocycles. The molecule has 4 aromatic rings. The summed E-state index contributed by atoms with van der Waals surface area (Å²) >= 11 is 3.08. The van der Waals surface area contributed by atoms with E-state index in [-0.39, 0.29) is 12.5 Å². The summed E-state index contributed by atoms with van der Waals surface area (Å²) in [6, 6.07) is 17.1. The molecule has 2 aromatic heterocycles. The zero-order valence-corrected chi connectivity index (χ0v) is 16.1. The highest BCUT2D eigenvalue weighted by atomic mass is 32.1. The highest BCUT2D eigenvalue weighted by Gasteiger charge is 2.14. The number of hydrogen-bond acceptors (Lipinski definition) is 6. The van der Waals surface area contributed by atoms with Gasteiger partial charge in [0.05, 0.1) is 17.3 Å². The molecule has 0 spiro atoms. The smallest absolute Gasteiger partial charge is 0.262 e. The van der Waals surface area contributed by atoms with E-state index in [2.05, 4.69) is 10.3 Å². The molecule has 0 aliphatic heterocycles. The van der Waals surface area contributed by atoms with Crippen LogP contribution in [0.3, 0.4) is 0 Å². The normalized spacial score (nSPS) is 10.7. The zero-order chi connectivity index (χ0) is 18.6. The summed E-state index contributed by atoms with van der Waals surface area (Å²) < 4.78 is 11.8. The number of ether oxygens (including phenoxy) is 2. The third-order valence-corrected chi connectivity index (χ3v) is 5.77. The van der Waals surface area contributed by atoms with Gasteiger partial charge in [0.15, 0.2) is 6.61 Å². The van der Waals surface area contributed by atoms with Crippen molar-refractivity contribution in [2.24, 2.45) is 0 Å². The van der Waals surface area contributed by atoms with Crippen LogP contribution in [0, 0.1) is 0 Å². The lowest BCUT2D eigenvalue weighted by molar-refractivity contribution is -0.118. The number of nitrogens with one attached hydrogen (secondary N) is 1. The SMILES string of the molecule is COc1ccc(OCC(=O)Nc2sccc2-c2nc3ccccc3s2)cc1. The lowest BCUT2D eigenvalue weighted by Gasteiger charge is -2.08. The predicted molar refractivity (Wildman–Crippen MR) is 110 cm³/mol. The number of thiazole rings is 1. The molecule has 0 aliphatic rings. The molecule has 136 valence electrons. The quantitative estimate of drug-likeness (QED) is 0.495. The third-order valence-electron chi connectivity index (χ3n) is 3.87. The van der Waals surface area contributed by atoms with Gasteiger partial charge in [-0.1, -0.05) is 12.1 Å². The molecule has 5 nitrogen and oxygen atoms in total. The molecule has 2 heterocycles. The van der Waals surface area contributed by atoms with Crippen LogP contribution < -0.4 is 14.8 Å². The van der Waals surface area contributed by atoms with Gasteiger partial charge in [-0.25, -0.2) is 4.98 Å². The molecule has 4 rings (SSSR count). The number of nitrogens with zero attached hydrogens (tertiary/aromatic N) is 1. The number of carbonyl (C=O) groups excluding carboxylic acids is 1. The molecule has 0 radical (unpaired) electrons. The second-order valence-corrected chi connectivity index (χ2v) is 7.61. The molecular formula is C20H16N2O3S2. The number of anilines is 1. The van der Waals surface area contributed by atoms with E-state index in [4.69, 9.17) is 9.47 Å². The Balaban J connectivity index is 1.43. The Bertz CT molecular complexity index is 1040. The van der Waals surface area contributed by atoms with Crippen molar-refractivity contribution >= 4 is 43.8 Å². The van der Waals surface area contributed by atoms with E-state index in [9.17, 15) is 4.79 Å². The minimum absolute atomic E-state index is 0.0660. The summed E-state index contributed by atoms with van der Waals surface area (Å²) in [5.74, 6) is 1.14. The standard InChI is InChI=1S/C20H16N2O3S2/c1-24-13-6-8-14(9-7-13)25-12-18(23)22-19-15(10-11-26-19)20-21-16-4-2-3-5-17(16)27-20/h2-11H,12H2,1H3,(H,22,23). The fraction of sp³-hybridized carbons (Fsp3) is 0.100. The molecule has 0 fully saturated rings. The number of rotatable bonds is 6. The van der Waals surface area contributed by atoms with E-state index in [1.807, 2.05) is 35.7 Å². The Morgan fingerprint density at radius 1 is 1.07 bits per heavy atom. The Hall–Kier alpha value is -2.90. The Morgan fingerprint density at radius 2 is 1.85 bits per heavy atom. The van der Waals surface area contributed by atoms with Crippen molar-refractivity contribution in [1.82, 2.24) is 4.98 Å². The van der Waals surface area contributed by atoms with Crippen molar-refractivity contribution in [2.75, 3.05) is 19.0 Å². The average Bonchev–Trinajstić information content (AvgIpc) is 3.33. The molecular weight excluding hydrogens is 380 g/mol. The summed E-state index contributed by atoms with van der Waals surface area (Å²) in [6.07, 6.45) is 0. The van der Waals surface area contributed by atoms with Crippen molar-refractivity contribution in [3.63, 3.8) is 0 Å². The van der Waals surface area contributed by atoms with Gasteiger partial charge in [-0.3, -0.25) is 4.79 Å². The minimum atomic E-state index is -0.212. The number of fused-ring (bicyclic) bond motifs is 1. The maximum absolute atomic E-state index is 12.3. The fourth-order valence-electron chi connectivity index (χ4n) is 2.55. The van der Waals surface area contributed by atoms with E-state index in [0.29, 0.717) is 5.75 Å².